The third-order valence-corrected chi connectivity index (χ3v) is 3.53. The summed E-state index contributed by atoms with van der Waals surface area (Å²) in [7, 11) is 0. The lowest BCUT2D eigenvalue weighted by atomic mass is 9.98. The Morgan fingerprint density at radius 3 is 2.67 bits per heavy atom. The van der Waals surface area contributed by atoms with E-state index in [-0.39, 0.29) is 0 Å². The maximum Gasteiger partial charge on any atom is 0.222 e. The highest BCUT2D eigenvalue weighted by Crippen LogP contribution is 2.28. The van der Waals surface area contributed by atoms with E-state index < -0.39 is 0 Å². The Kier molecular flexibility index (Phi) is 3.90. The smallest absolute Gasteiger partial charge is 0.222 e. The first-order chi connectivity index (χ1) is 8.56. The lowest BCUT2D eigenvalue weighted by molar-refractivity contribution is -0.130. The number of rotatable bonds is 3. The van der Waals surface area contributed by atoms with Crippen LogP contribution in [-0.2, 0) is 4.79 Å². The summed E-state index contributed by atoms with van der Waals surface area (Å²) < 4.78 is 0. The number of hydrogen-bond acceptors (Lipinski definition) is 2. The molecule has 3 nitrogen and oxygen atoms in total. The van der Waals surface area contributed by atoms with Gasteiger partial charge in [-0.3, -0.25) is 4.79 Å². The van der Waals surface area contributed by atoms with E-state index in [1.54, 1.807) is 0 Å². The standard InChI is InChI=1S/C15H22N2O/c1-11(2)9-15(18)17-8-7-13(10-17)12-3-5-14(16)6-4-12/h3-6,11,13H,7-10,16H2,1-2H3. The summed E-state index contributed by atoms with van der Waals surface area (Å²) in [6.07, 6.45) is 1.72. The third-order valence-electron chi connectivity index (χ3n) is 3.53. The second-order valence-electron chi connectivity index (χ2n) is 5.59. The van der Waals surface area contributed by atoms with Crippen molar-refractivity contribution in [3.8, 4) is 0 Å². The number of hydrogen-bond donors (Lipinski definition) is 1. The molecule has 2 N–H and O–H groups in total. The van der Waals surface area contributed by atoms with Crippen molar-refractivity contribution in [2.45, 2.75) is 32.6 Å². The van der Waals surface area contributed by atoms with Gasteiger partial charge < -0.3 is 10.6 Å². The first-order valence-electron chi connectivity index (χ1n) is 6.69. The number of nitrogens with two attached hydrogens (primary N) is 1. The zero-order valence-electron chi connectivity index (χ0n) is 11.2. The monoisotopic (exact) mass is 246 g/mol. The second kappa shape index (κ2) is 5.42. The van der Waals surface area contributed by atoms with E-state index in [1.807, 2.05) is 17.0 Å². The Labute approximate surface area is 109 Å². The van der Waals surface area contributed by atoms with Gasteiger partial charge in [0.15, 0.2) is 0 Å². The summed E-state index contributed by atoms with van der Waals surface area (Å²) in [6, 6.07) is 8.04. The Hall–Kier alpha value is -1.51. The molecule has 1 amide bonds. The van der Waals surface area contributed by atoms with Gasteiger partial charge in [0.1, 0.15) is 0 Å². The van der Waals surface area contributed by atoms with Crippen molar-refractivity contribution in [1.29, 1.82) is 0 Å². The van der Waals surface area contributed by atoms with Crippen molar-refractivity contribution in [1.82, 2.24) is 4.90 Å². The molecule has 1 aliphatic rings. The highest BCUT2D eigenvalue weighted by Gasteiger charge is 2.27. The predicted molar refractivity (Wildman–Crippen MR) is 74.2 cm³/mol. The van der Waals surface area contributed by atoms with Gasteiger partial charge in [-0.1, -0.05) is 26.0 Å². The van der Waals surface area contributed by atoms with Crippen molar-refractivity contribution in [3.05, 3.63) is 29.8 Å². The van der Waals surface area contributed by atoms with Crippen molar-refractivity contribution < 1.29 is 4.79 Å². The fourth-order valence-electron chi connectivity index (χ4n) is 2.51. The van der Waals surface area contributed by atoms with Crippen LogP contribution in [-0.4, -0.2) is 23.9 Å². The first kappa shape index (κ1) is 12.9. The molecule has 0 bridgehead atoms. The quantitative estimate of drug-likeness (QED) is 0.833. The van der Waals surface area contributed by atoms with E-state index in [0.717, 1.165) is 25.2 Å². The van der Waals surface area contributed by atoms with Gasteiger partial charge in [-0.25, -0.2) is 0 Å². The van der Waals surface area contributed by atoms with Gasteiger partial charge in [-0.05, 0) is 30.0 Å². The van der Waals surface area contributed by atoms with Crippen molar-refractivity contribution in [2.75, 3.05) is 18.8 Å². The van der Waals surface area contributed by atoms with Crippen LogP contribution in [0, 0.1) is 5.92 Å². The van der Waals surface area contributed by atoms with Crippen LogP contribution in [0.3, 0.4) is 0 Å². The van der Waals surface area contributed by atoms with E-state index in [2.05, 4.69) is 26.0 Å². The summed E-state index contributed by atoms with van der Waals surface area (Å²) in [4.78, 5) is 14.0. The maximum atomic E-state index is 12.0. The minimum atomic E-state index is 0.294. The summed E-state index contributed by atoms with van der Waals surface area (Å²) in [6.45, 7) is 5.92. The largest absolute Gasteiger partial charge is 0.399 e. The molecule has 98 valence electrons. The Balaban J connectivity index is 1.96. The molecule has 3 heteroatoms. The molecule has 1 aromatic carbocycles. The summed E-state index contributed by atoms with van der Waals surface area (Å²) in [5.41, 5.74) is 7.78. The Morgan fingerprint density at radius 1 is 1.39 bits per heavy atom. The molecule has 0 aromatic heterocycles. The molecule has 1 heterocycles. The van der Waals surface area contributed by atoms with Crippen LogP contribution in [0.5, 0.6) is 0 Å². The molecule has 1 saturated heterocycles. The van der Waals surface area contributed by atoms with Gasteiger partial charge in [0.05, 0.1) is 0 Å². The van der Waals surface area contributed by atoms with Crippen LogP contribution >= 0.6 is 0 Å². The first-order valence-corrected chi connectivity index (χ1v) is 6.69. The number of nitrogens with zero attached hydrogens (tertiary/aromatic N) is 1. The molecule has 1 aliphatic heterocycles. The van der Waals surface area contributed by atoms with Crippen molar-refractivity contribution in [2.24, 2.45) is 5.92 Å². The van der Waals surface area contributed by atoms with Gasteiger partial charge >= 0.3 is 0 Å². The van der Waals surface area contributed by atoms with E-state index >= 15 is 0 Å². The van der Waals surface area contributed by atoms with E-state index in [0.29, 0.717) is 24.2 Å². The van der Waals surface area contributed by atoms with Crippen LogP contribution in [0.4, 0.5) is 5.69 Å². The molecule has 1 atom stereocenters. The number of nitrogen functional groups attached to an aromatic ring is 1. The number of carbonyl (C=O) groups excluding carboxylic acids is 1. The van der Waals surface area contributed by atoms with Crippen molar-refractivity contribution >= 4 is 11.6 Å². The van der Waals surface area contributed by atoms with Gasteiger partial charge in [0.2, 0.25) is 5.91 Å². The number of likely N-dealkylation sites (tertiary alicyclic amines) is 1. The molecule has 2 rings (SSSR count). The average Bonchev–Trinajstić information content (AvgIpc) is 2.78. The normalized spacial score (nSPS) is 19.5. The molecule has 1 fully saturated rings. The van der Waals surface area contributed by atoms with Crippen molar-refractivity contribution in [3.63, 3.8) is 0 Å². The van der Waals surface area contributed by atoms with Gasteiger partial charge in [0.25, 0.3) is 0 Å². The van der Waals surface area contributed by atoms with Crippen LogP contribution in [0.25, 0.3) is 0 Å². The topological polar surface area (TPSA) is 46.3 Å². The molecule has 0 saturated carbocycles. The van der Waals surface area contributed by atoms with Crippen LogP contribution in [0.15, 0.2) is 24.3 Å². The average molecular weight is 246 g/mol. The molecular weight excluding hydrogens is 224 g/mol. The molecular formula is C15H22N2O. The highest BCUT2D eigenvalue weighted by atomic mass is 16.2. The zero-order valence-corrected chi connectivity index (χ0v) is 11.2. The minimum Gasteiger partial charge on any atom is -0.399 e. The fourth-order valence-corrected chi connectivity index (χ4v) is 2.51. The molecule has 1 aromatic rings. The fraction of sp³-hybridized carbons (Fsp3) is 0.533. The van der Waals surface area contributed by atoms with E-state index in [9.17, 15) is 4.79 Å². The number of amides is 1. The minimum absolute atomic E-state index is 0.294. The van der Waals surface area contributed by atoms with Gasteiger partial charge in [0, 0.05) is 31.1 Å². The molecule has 0 spiro atoms. The summed E-state index contributed by atoms with van der Waals surface area (Å²) >= 11 is 0. The number of carbonyl (C=O) groups is 1. The highest BCUT2D eigenvalue weighted by molar-refractivity contribution is 5.76. The summed E-state index contributed by atoms with van der Waals surface area (Å²) in [5.74, 6) is 1.21. The SMILES string of the molecule is CC(C)CC(=O)N1CCC(c2ccc(N)cc2)C1. The summed E-state index contributed by atoms with van der Waals surface area (Å²) in [5, 5.41) is 0. The predicted octanol–water partition coefficient (Wildman–Crippen LogP) is 2.63. The van der Waals surface area contributed by atoms with Crippen LogP contribution in [0.1, 0.15) is 38.2 Å². The molecule has 0 aliphatic carbocycles. The van der Waals surface area contributed by atoms with Crippen LogP contribution in [0.2, 0.25) is 0 Å². The Morgan fingerprint density at radius 2 is 2.06 bits per heavy atom. The number of anilines is 1. The van der Waals surface area contributed by atoms with Gasteiger partial charge in [-0.2, -0.15) is 0 Å². The van der Waals surface area contributed by atoms with Gasteiger partial charge in [-0.15, -0.1) is 0 Å². The zero-order chi connectivity index (χ0) is 13.1. The molecule has 1 unspecified atom stereocenters. The molecule has 0 radical (unpaired) electrons. The maximum absolute atomic E-state index is 12.0. The number of benzene rings is 1. The van der Waals surface area contributed by atoms with E-state index in [4.69, 9.17) is 5.73 Å². The lowest BCUT2D eigenvalue weighted by Gasteiger charge is -2.18. The Bertz CT molecular complexity index is 411. The molecule has 18 heavy (non-hydrogen) atoms. The van der Waals surface area contributed by atoms with E-state index in [1.165, 1.54) is 5.56 Å². The second-order valence-corrected chi connectivity index (χ2v) is 5.59. The third kappa shape index (κ3) is 3.03. The van der Waals surface area contributed by atoms with Crippen LogP contribution < -0.4 is 5.73 Å². The lowest BCUT2D eigenvalue weighted by Crippen LogP contribution is -2.29.